The topological polar surface area (TPSA) is 83.7 Å². The third-order valence-corrected chi connectivity index (χ3v) is 3.53. The summed E-state index contributed by atoms with van der Waals surface area (Å²) in [6.07, 6.45) is 0. The molecule has 0 unspecified atom stereocenters. The van der Waals surface area contributed by atoms with Crippen molar-refractivity contribution in [3.8, 4) is 0 Å². The molecule has 6 nitrogen and oxygen atoms in total. The zero-order chi connectivity index (χ0) is 16.8. The van der Waals surface area contributed by atoms with Crippen LogP contribution in [-0.4, -0.2) is 34.0 Å². The first-order chi connectivity index (χ1) is 11.0. The lowest BCUT2D eigenvalue weighted by molar-refractivity contribution is -0.385. The number of amides is 1. The summed E-state index contributed by atoms with van der Waals surface area (Å²) in [6, 6.07) is 13.8. The van der Waals surface area contributed by atoms with Crippen molar-refractivity contribution in [2.24, 2.45) is 0 Å². The number of aliphatic hydroxyl groups is 1. The molecule has 0 bridgehead atoms. The van der Waals surface area contributed by atoms with Crippen molar-refractivity contribution in [1.29, 1.82) is 0 Å². The van der Waals surface area contributed by atoms with Gasteiger partial charge in [-0.05, 0) is 18.6 Å². The van der Waals surface area contributed by atoms with Crippen LogP contribution < -0.4 is 0 Å². The number of benzene rings is 2. The van der Waals surface area contributed by atoms with Crippen LogP contribution in [0.1, 0.15) is 21.5 Å². The van der Waals surface area contributed by atoms with Crippen LogP contribution in [0.3, 0.4) is 0 Å². The fraction of sp³-hybridized carbons (Fsp3) is 0.235. The highest BCUT2D eigenvalue weighted by Crippen LogP contribution is 2.20. The molecular formula is C17H18N2O4. The van der Waals surface area contributed by atoms with Gasteiger partial charge in [-0.25, -0.2) is 0 Å². The molecule has 1 amide bonds. The number of nitro benzene ring substituents is 1. The Hall–Kier alpha value is -2.73. The average Bonchev–Trinajstić information content (AvgIpc) is 2.55. The molecule has 0 aliphatic carbocycles. The normalized spacial score (nSPS) is 10.3. The van der Waals surface area contributed by atoms with Crippen LogP contribution in [0.25, 0.3) is 0 Å². The van der Waals surface area contributed by atoms with Crippen LogP contribution in [-0.2, 0) is 6.54 Å². The Kier molecular flexibility index (Phi) is 5.43. The Morgan fingerprint density at radius 2 is 1.91 bits per heavy atom. The maximum atomic E-state index is 12.6. The Bertz CT molecular complexity index is 701. The SMILES string of the molecule is Cc1ccc(C(=O)N(CCO)Cc2ccccc2)cc1[N+](=O)[O-]. The van der Waals surface area contributed by atoms with Crippen LogP contribution in [0.4, 0.5) is 5.69 Å². The molecule has 0 saturated carbocycles. The average molecular weight is 314 g/mol. The van der Waals surface area contributed by atoms with Crippen molar-refractivity contribution in [2.75, 3.05) is 13.2 Å². The van der Waals surface area contributed by atoms with Crippen molar-refractivity contribution < 1.29 is 14.8 Å². The van der Waals surface area contributed by atoms with Gasteiger partial charge < -0.3 is 10.0 Å². The molecule has 120 valence electrons. The van der Waals surface area contributed by atoms with Crippen molar-refractivity contribution in [1.82, 2.24) is 4.90 Å². The molecule has 0 spiro atoms. The molecule has 0 aromatic heterocycles. The van der Waals surface area contributed by atoms with E-state index in [9.17, 15) is 20.0 Å². The molecule has 2 aromatic rings. The molecule has 0 heterocycles. The molecule has 23 heavy (non-hydrogen) atoms. The van der Waals surface area contributed by atoms with E-state index in [0.29, 0.717) is 12.1 Å². The van der Waals surface area contributed by atoms with Crippen LogP contribution in [0.2, 0.25) is 0 Å². The summed E-state index contributed by atoms with van der Waals surface area (Å²) in [5, 5.41) is 20.2. The molecule has 0 radical (unpaired) electrons. The number of aliphatic hydroxyl groups excluding tert-OH is 1. The number of hydrogen-bond acceptors (Lipinski definition) is 4. The van der Waals surface area contributed by atoms with Gasteiger partial charge in [0.05, 0.1) is 11.5 Å². The van der Waals surface area contributed by atoms with Crippen molar-refractivity contribution in [3.63, 3.8) is 0 Å². The quantitative estimate of drug-likeness (QED) is 0.656. The molecule has 6 heteroatoms. The minimum Gasteiger partial charge on any atom is -0.395 e. The van der Waals surface area contributed by atoms with Gasteiger partial charge in [-0.15, -0.1) is 0 Å². The zero-order valence-corrected chi connectivity index (χ0v) is 12.8. The zero-order valence-electron chi connectivity index (χ0n) is 12.8. The highest BCUT2D eigenvalue weighted by molar-refractivity contribution is 5.95. The van der Waals surface area contributed by atoms with E-state index in [1.54, 1.807) is 19.1 Å². The van der Waals surface area contributed by atoms with Gasteiger partial charge in [0, 0.05) is 30.3 Å². The van der Waals surface area contributed by atoms with E-state index in [1.165, 1.54) is 11.0 Å². The molecule has 0 saturated heterocycles. The fourth-order valence-electron chi connectivity index (χ4n) is 2.30. The van der Waals surface area contributed by atoms with Crippen molar-refractivity contribution in [2.45, 2.75) is 13.5 Å². The second-order valence-electron chi connectivity index (χ2n) is 5.19. The van der Waals surface area contributed by atoms with Gasteiger partial charge in [0.25, 0.3) is 11.6 Å². The number of nitro groups is 1. The van der Waals surface area contributed by atoms with E-state index in [4.69, 9.17) is 0 Å². The summed E-state index contributed by atoms with van der Waals surface area (Å²) in [4.78, 5) is 24.6. The summed E-state index contributed by atoms with van der Waals surface area (Å²) in [5.74, 6) is -0.342. The van der Waals surface area contributed by atoms with Crippen LogP contribution in [0.5, 0.6) is 0 Å². The lowest BCUT2D eigenvalue weighted by Crippen LogP contribution is -2.33. The molecule has 0 fully saturated rings. The number of nitrogens with zero attached hydrogens (tertiary/aromatic N) is 2. The Labute approximate surface area is 134 Å². The third-order valence-electron chi connectivity index (χ3n) is 3.53. The van der Waals surface area contributed by atoms with E-state index in [-0.39, 0.29) is 30.3 Å². The van der Waals surface area contributed by atoms with Gasteiger partial charge in [0.2, 0.25) is 0 Å². The maximum Gasteiger partial charge on any atom is 0.273 e. The van der Waals surface area contributed by atoms with Crippen molar-refractivity contribution in [3.05, 3.63) is 75.3 Å². The van der Waals surface area contributed by atoms with E-state index < -0.39 is 4.92 Å². The summed E-state index contributed by atoms with van der Waals surface area (Å²) in [5.41, 5.74) is 1.59. The lowest BCUT2D eigenvalue weighted by Gasteiger charge is -2.22. The molecule has 1 N–H and O–H groups in total. The van der Waals surface area contributed by atoms with E-state index in [1.807, 2.05) is 30.3 Å². The van der Waals surface area contributed by atoms with Crippen LogP contribution >= 0.6 is 0 Å². The molecule has 0 aliphatic heterocycles. The van der Waals surface area contributed by atoms with Gasteiger partial charge in [0.1, 0.15) is 0 Å². The monoisotopic (exact) mass is 314 g/mol. The standard InChI is InChI=1S/C17H18N2O4/c1-13-7-8-15(11-16(13)19(22)23)17(21)18(9-10-20)12-14-5-3-2-4-6-14/h2-8,11,20H,9-10,12H2,1H3. The predicted octanol–water partition coefficient (Wildman–Crippen LogP) is 2.54. The van der Waals surface area contributed by atoms with E-state index in [0.717, 1.165) is 5.56 Å². The minimum atomic E-state index is -0.500. The summed E-state index contributed by atoms with van der Waals surface area (Å²) < 4.78 is 0. The van der Waals surface area contributed by atoms with Gasteiger partial charge >= 0.3 is 0 Å². The Morgan fingerprint density at radius 3 is 2.52 bits per heavy atom. The van der Waals surface area contributed by atoms with Crippen molar-refractivity contribution >= 4 is 11.6 Å². The predicted molar refractivity (Wildman–Crippen MR) is 86.1 cm³/mol. The number of rotatable bonds is 6. The summed E-state index contributed by atoms with van der Waals surface area (Å²) >= 11 is 0. The highest BCUT2D eigenvalue weighted by Gasteiger charge is 2.19. The molecular weight excluding hydrogens is 296 g/mol. The minimum absolute atomic E-state index is 0.0838. The van der Waals surface area contributed by atoms with Gasteiger partial charge in [-0.3, -0.25) is 14.9 Å². The highest BCUT2D eigenvalue weighted by atomic mass is 16.6. The van der Waals surface area contributed by atoms with Gasteiger partial charge in [-0.2, -0.15) is 0 Å². The van der Waals surface area contributed by atoms with E-state index in [2.05, 4.69) is 0 Å². The summed E-state index contributed by atoms with van der Waals surface area (Å²) in [7, 11) is 0. The largest absolute Gasteiger partial charge is 0.395 e. The smallest absolute Gasteiger partial charge is 0.273 e. The van der Waals surface area contributed by atoms with Gasteiger partial charge in [0.15, 0.2) is 0 Å². The molecule has 2 aromatic carbocycles. The maximum absolute atomic E-state index is 12.6. The molecule has 2 rings (SSSR count). The Balaban J connectivity index is 2.27. The second-order valence-corrected chi connectivity index (χ2v) is 5.19. The first-order valence-electron chi connectivity index (χ1n) is 7.22. The van der Waals surface area contributed by atoms with Gasteiger partial charge in [-0.1, -0.05) is 36.4 Å². The fourth-order valence-corrected chi connectivity index (χ4v) is 2.30. The third kappa shape index (κ3) is 4.14. The Morgan fingerprint density at radius 1 is 1.22 bits per heavy atom. The number of carbonyl (C=O) groups is 1. The second kappa shape index (κ2) is 7.51. The lowest BCUT2D eigenvalue weighted by atomic mass is 10.1. The van der Waals surface area contributed by atoms with E-state index >= 15 is 0 Å². The first-order valence-corrected chi connectivity index (χ1v) is 7.22. The number of hydrogen-bond donors (Lipinski definition) is 1. The van der Waals surface area contributed by atoms with Crippen LogP contribution in [0.15, 0.2) is 48.5 Å². The summed E-state index contributed by atoms with van der Waals surface area (Å²) in [6.45, 7) is 1.95. The van der Waals surface area contributed by atoms with Crippen LogP contribution in [0, 0.1) is 17.0 Å². The number of aryl methyl sites for hydroxylation is 1. The molecule has 0 atom stereocenters. The number of carbonyl (C=O) groups excluding carboxylic acids is 1. The molecule has 0 aliphatic rings. The first kappa shape index (κ1) is 16.6.